The highest BCUT2D eigenvalue weighted by Crippen LogP contribution is 2.33. The van der Waals surface area contributed by atoms with Gasteiger partial charge in [-0.2, -0.15) is 13.2 Å². The summed E-state index contributed by atoms with van der Waals surface area (Å²) < 4.78 is 37.9. The van der Waals surface area contributed by atoms with Gasteiger partial charge in [0.05, 0.1) is 5.56 Å². The van der Waals surface area contributed by atoms with E-state index in [1.807, 2.05) is 6.92 Å². The van der Waals surface area contributed by atoms with Gasteiger partial charge < -0.3 is 0 Å². The van der Waals surface area contributed by atoms with E-state index < -0.39 is 11.7 Å². The molecule has 94 valence electrons. The minimum absolute atomic E-state index is 0.0288. The molecule has 0 bridgehead atoms. The van der Waals surface area contributed by atoms with Crippen molar-refractivity contribution in [1.29, 1.82) is 0 Å². The quantitative estimate of drug-likeness (QED) is 0.718. The Balaban J connectivity index is 3.06. The Bertz CT molecular complexity index is 408. The van der Waals surface area contributed by atoms with Crippen LogP contribution in [0.1, 0.15) is 47.7 Å². The molecule has 4 heteroatoms. The fourth-order valence-electron chi connectivity index (χ4n) is 1.72. The number of unbranched alkanes of at least 4 members (excludes halogenated alkanes) is 1. The number of halogens is 3. The average molecular weight is 244 g/mol. The fraction of sp³-hybridized carbons (Fsp3) is 0.462. The molecular weight excluding hydrogens is 229 g/mol. The van der Waals surface area contributed by atoms with Crippen molar-refractivity contribution < 1.29 is 18.0 Å². The lowest BCUT2D eigenvalue weighted by Gasteiger charge is -2.13. The van der Waals surface area contributed by atoms with Gasteiger partial charge >= 0.3 is 6.18 Å². The van der Waals surface area contributed by atoms with E-state index in [2.05, 4.69) is 0 Å². The SMILES string of the molecule is CCCCC(=O)c1cccc(C(F)(F)F)c1C. The minimum Gasteiger partial charge on any atom is -0.294 e. The van der Waals surface area contributed by atoms with E-state index in [1.54, 1.807) is 0 Å². The Labute approximate surface area is 98.6 Å². The van der Waals surface area contributed by atoms with Crippen molar-refractivity contribution in [2.75, 3.05) is 0 Å². The molecule has 0 aliphatic heterocycles. The first kappa shape index (κ1) is 13.7. The maximum absolute atomic E-state index is 12.6. The lowest BCUT2D eigenvalue weighted by molar-refractivity contribution is -0.138. The van der Waals surface area contributed by atoms with Crippen molar-refractivity contribution in [2.45, 2.75) is 39.3 Å². The van der Waals surface area contributed by atoms with Crippen LogP contribution < -0.4 is 0 Å². The smallest absolute Gasteiger partial charge is 0.294 e. The van der Waals surface area contributed by atoms with E-state index in [4.69, 9.17) is 0 Å². The summed E-state index contributed by atoms with van der Waals surface area (Å²) in [6.45, 7) is 3.29. The van der Waals surface area contributed by atoms with Gasteiger partial charge in [-0.25, -0.2) is 0 Å². The first-order valence-corrected chi connectivity index (χ1v) is 5.58. The molecule has 1 aromatic carbocycles. The summed E-state index contributed by atoms with van der Waals surface area (Å²) in [4.78, 5) is 11.7. The summed E-state index contributed by atoms with van der Waals surface area (Å²) >= 11 is 0. The Hall–Kier alpha value is -1.32. The summed E-state index contributed by atoms with van der Waals surface area (Å²) in [5.41, 5.74) is -0.505. The van der Waals surface area contributed by atoms with Crippen LogP contribution in [0.3, 0.4) is 0 Å². The molecule has 1 rings (SSSR count). The second-order valence-corrected chi connectivity index (χ2v) is 4.00. The molecule has 0 unspecified atom stereocenters. The van der Waals surface area contributed by atoms with E-state index in [0.717, 1.165) is 12.5 Å². The first-order valence-electron chi connectivity index (χ1n) is 5.58. The molecule has 0 amide bonds. The van der Waals surface area contributed by atoms with Crippen LogP contribution in [0.4, 0.5) is 13.2 Å². The molecule has 1 aromatic rings. The van der Waals surface area contributed by atoms with E-state index in [-0.39, 0.29) is 16.9 Å². The fourth-order valence-corrected chi connectivity index (χ4v) is 1.72. The zero-order valence-corrected chi connectivity index (χ0v) is 9.90. The highest BCUT2D eigenvalue weighted by atomic mass is 19.4. The average Bonchev–Trinajstić information content (AvgIpc) is 2.24. The van der Waals surface area contributed by atoms with Gasteiger partial charge in [-0.05, 0) is 25.0 Å². The number of Topliss-reactive ketones (excluding diaryl/α,β-unsaturated/α-hetero) is 1. The van der Waals surface area contributed by atoms with Gasteiger partial charge in [-0.3, -0.25) is 4.79 Å². The maximum atomic E-state index is 12.6. The number of hydrogen-bond donors (Lipinski definition) is 0. The molecule has 17 heavy (non-hydrogen) atoms. The van der Waals surface area contributed by atoms with E-state index in [0.29, 0.717) is 12.8 Å². The van der Waals surface area contributed by atoms with Gasteiger partial charge in [0.2, 0.25) is 0 Å². The molecule has 0 aromatic heterocycles. The second kappa shape index (κ2) is 5.34. The third kappa shape index (κ3) is 3.32. The summed E-state index contributed by atoms with van der Waals surface area (Å²) in [7, 11) is 0. The third-order valence-corrected chi connectivity index (χ3v) is 2.70. The van der Waals surface area contributed by atoms with Gasteiger partial charge in [-0.15, -0.1) is 0 Å². The van der Waals surface area contributed by atoms with Gasteiger partial charge in [0.15, 0.2) is 5.78 Å². The summed E-state index contributed by atoms with van der Waals surface area (Å²) in [5, 5.41) is 0. The first-order chi connectivity index (χ1) is 7.88. The van der Waals surface area contributed by atoms with Crippen molar-refractivity contribution in [2.24, 2.45) is 0 Å². The van der Waals surface area contributed by atoms with Crippen molar-refractivity contribution in [3.63, 3.8) is 0 Å². The van der Waals surface area contributed by atoms with Crippen molar-refractivity contribution in [3.8, 4) is 0 Å². The molecule has 0 aliphatic carbocycles. The number of hydrogen-bond acceptors (Lipinski definition) is 1. The molecule has 0 atom stereocenters. The summed E-state index contributed by atoms with van der Waals surface area (Å²) in [6, 6.07) is 3.75. The van der Waals surface area contributed by atoms with Gasteiger partial charge in [-0.1, -0.05) is 25.5 Å². The highest BCUT2D eigenvalue weighted by molar-refractivity contribution is 5.97. The van der Waals surface area contributed by atoms with Crippen molar-refractivity contribution in [1.82, 2.24) is 0 Å². The molecular formula is C13H15F3O. The topological polar surface area (TPSA) is 17.1 Å². The zero-order chi connectivity index (χ0) is 13.1. The molecule has 0 heterocycles. The maximum Gasteiger partial charge on any atom is 0.416 e. The van der Waals surface area contributed by atoms with E-state index >= 15 is 0 Å². The Morgan fingerprint density at radius 3 is 2.47 bits per heavy atom. The van der Waals surface area contributed by atoms with Crippen LogP contribution in [0.25, 0.3) is 0 Å². The molecule has 1 nitrogen and oxygen atoms in total. The second-order valence-electron chi connectivity index (χ2n) is 4.00. The molecule has 0 N–H and O–H groups in total. The van der Waals surface area contributed by atoms with Crippen LogP contribution in [0, 0.1) is 6.92 Å². The van der Waals surface area contributed by atoms with Gasteiger partial charge in [0.25, 0.3) is 0 Å². The Kier molecular flexibility index (Phi) is 4.32. The molecule has 0 fully saturated rings. The number of carbonyl (C=O) groups excluding carboxylic acids is 1. The third-order valence-electron chi connectivity index (χ3n) is 2.70. The van der Waals surface area contributed by atoms with Crippen LogP contribution in [-0.4, -0.2) is 5.78 Å². The normalized spacial score (nSPS) is 11.6. The lowest BCUT2D eigenvalue weighted by atomic mass is 9.96. The number of ketones is 1. The summed E-state index contributed by atoms with van der Waals surface area (Å²) in [5.74, 6) is -0.213. The number of rotatable bonds is 4. The number of carbonyl (C=O) groups is 1. The van der Waals surface area contributed by atoms with Crippen LogP contribution in [0.15, 0.2) is 18.2 Å². The Morgan fingerprint density at radius 2 is 1.94 bits per heavy atom. The molecule has 0 saturated heterocycles. The van der Waals surface area contributed by atoms with Crippen LogP contribution in [-0.2, 0) is 6.18 Å². The van der Waals surface area contributed by atoms with Crippen LogP contribution in [0.2, 0.25) is 0 Å². The standard InChI is InChI=1S/C13H15F3O/c1-3-4-8-12(17)10-6-5-7-11(9(10)2)13(14,15)16/h5-7H,3-4,8H2,1-2H3. The van der Waals surface area contributed by atoms with Crippen molar-refractivity contribution >= 4 is 5.78 Å². The largest absolute Gasteiger partial charge is 0.416 e. The minimum atomic E-state index is -4.40. The van der Waals surface area contributed by atoms with Crippen LogP contribution >= 0.6 is 0 Å². The molecule has 0 aliphatic rings. The van der Waals surface area contributed by atoms with Gasteiger partial charge in [0, 0.05) is 12.0 Å². The monoisotopic (exact) mass is 244 g/mol. The van der Waals surface area contributed by atoms with E-state index in [9.17, 15) is 18.0 Å². The molecule has 0 saturated carbocycles. The van der Waals surface area contributed by atoms with Crippen molar-refractivity contribution in [3.05, 3.63) is 34.9 Å². The molecule has 0 spiro atoms. The predicted octanol–water partition coefficient (Wildman–Crippen LogP) is 4.39. The highest BCUT2D eigenvalue weighted by Gasteiger charge is 2.33. The molecule has 0 radical (unpaired) electrons. The number of alkyl halides is 3. The number of benzene rings is 1. The van der Waals surface area contributed by atoms with Gasteiger partial charge in [0.1, 0.15) is 0 Å². The predicted molar refractivity (Wildman–Crippen MR) is 60.0 cm³/mol. The Morgan fingerprint density at radius 1 is 1.29 bits per heavy atom. The van der Waals surface area contributed by atoms with E-state index in [1.165, 1.54) is 19.1 Å². The zero-order valence-electron chi connectivity index (χ0n) is 9.90. The lowest BCUT2D eigenvalue weighted by Crippen LogP contribution is -2.11. The summed E-state index contributed by atoms with van der Waals surface area (Å²) in [6.07, 6.45) is -2.54. The van der Waals surface area contributed by atoms with Crippen LogP contribution in [0.5, 0.6) is 0 Å².